The molecule has 0 aromatic carbocycles. The Balaban J connectivity index is 0.000000281. The molecule has 37 heavy (non-hydrogen) atoms. The predicted octanol–water partition coefficient (Wildman–Crippen LogP) is 1.89. The number of hydrogen-bond acceptors (Lipinski definition) is 8. The normalized spacial score (nSPS) is 26.9. The molecule has 0 aromatic heterocycles. The Bertz CT molecular complexity index is 907. The SMILES string of the molecule is CC(C)(C)NC(=O)[C@@H]1C[C@H]1C(=O)O.COC(=O)[C@@H]1C[C@H]1C(=O)Cl.COC(=O)[C@@H]1C[C@H]1C(=O)NC(C)(C)C. The van der Waals surface area contributed by atoms with Crippen molar-refractivity contribution in [2.24, 2.45) is 35.5 Å². The number of ether oxygens (including phenoxy) is 2. The van der Waals surface area contributed by atoms with Crippen LogP contribution in [0.2, 0.25) is 0 Å². The summed E-state index contributed by atoms with van der Waals surface area (Å²) in [5, 5.41) is 13.8. The van der Waals surface area contributed by atoms with Crippen LogP contribution >= 0.6 is 11.6 Å². The van der Waals surface area contributed by atoms with Crippen LogP contribution in [0, 0.1) is 35.5 Å². The number of aliphatic carboxylic acids is 1. The maximum absolute atomic E-state index is 11.5. The number of amides is 2. The minimum atomic E-state index is -0.867. The third-order valence-corrected chi connectivity index (χ3v) is 5.94. The Morgan fingerprint density at radius 2 is 0.973 bits per heavy atom. The molecule has 6 atom stereocenters. The fourth-order valence-corrected chi connectivity index (χ4v) is 3.68. The van der Waals surface area contributed by atoms with E-state index in [4.69, 9.17) is 16.7 Å². The van der Waals surface area contributed by atoms with Crippen molar-refractivity contribution in [3.05, 3.63) is 0 Å². The van der Waals surface area contributed by atoms with Crippen molar-refractivity contribution in [2.45, 2.75) is 71.9 Å². The number of rotatable bonds is 6. The number of methoxy groups -OCH3 is 2. The lowest BCUT2D eigenvalue weighted by atomic mass is 10.1. The highest BCUT2D eigenvalue weighted by atomic mass is 35.5. The van der Waals surface area contributed by atoms with E-state index in [1.54, 1.807) is 0 Å². The summed E-state index contributed by atoms with van der Waals surface area (Å²) >= 11 is 5.12. The van der Waals surface area contributed by atoms with Gasteiger partial charge in [-0.1, -0.05) is 0 Å². The smallest absolute Gasteiger partial charge is 0.309 e. The highest BCUT2D eigenvalue weighted by Gasteiger charge is 2.50. The van der Waals surface area contributed by atoms with E-state index in [9.17, 15) is 28.8 Å². The van der Waals surface area contributed by atoms with Gasteiger partial charge in [0.2, 0.25) is 17.1 Å². The Kier molecular flexibility index (Phi) is 11.1. The van der Waals surface area contributed by atoms with E-state index in [0.717, 1.165) is 0 Å². The maximum atomic E-state index is 11.5. The number of carbonyl (C=O) groups excluding carboxylic acids is 5. The van der Waals surface area contributed by atoms with Crippen molar-refractivity contribution in [1.82, 2.24) is 10.6 Å². The topological polar surface area (TPSA) is 165 Å². The predicted molar refractivity (Wildman–Crippen MR) is 133 cm³/mol. The van der Waals surface area contributed by atoms with Crippen LogP contribution in [0.5, 0.6) is 0 Å². The van der Waals surface area contributed by atoms with Crippen LogP contribution in [0.4, 0.5) is 0 Å². The first-order valence-electron chi connectivity index (χ1n) is 12.0. The van der Waals surface area contributed by atoms with Crippen molar-refractivity contribution >= 4 is 46.6 Å². The van der Waals surface area contributed by atoms with Gasteiger partial charge in [-0.15, -0.1) is 0 Å². The van der Waals surface area contributed by atoms with Crippen LogP contribution < -0.4 is 10.6 Å². The van der Waals surface area contributed by atoms with Gasteiger partial charge in [-0.25, -0.2) is 0 Å². The third-order valence-electron chi connectivity index (χ3n) is 5.66. The largest absolute Gasteiger partial charge is 0.481 e. The first kappa shape index (κ1) is 32.3. The Labute approximate surface area is 222 Å². The minimum absolute atomic E-state index is 0.0482. The molecule has 3 fully saturated rings. The van der Waals surface area contributed by atoms with Crippen LogP contribution in [0.15, 0.2) is 0 Å². The molecule has 0 spiro atoms. The van der Waals surface area contributed by atoms with Crippen LogP contribution in [-0.2, 0) is 38.2 Å². The second kappa shape index (κ2) is 12.7. The zero-order chi connectivity index (χ0) is 28.9. The number of hydrogen-bond donors (Lipinski definition) is 3. The van der Waals surface area contributed by atoms with Gasteiger partial charge < -0.3 is 25.2 Å². The molecular weight excluding hydrogens is 508 g/mol. The van der Waals surface area contributed by atoms with Gasteiger partial charge in [0, 0.05) is 17.0 Å². The number of carboxylic acid groups (broad SMARTS) is 1. The van der Waals surface area contributed by atoms with E-state index in [1.165, 1.54) is 14.2 Å². The van der Waals surface area contributed by atoms with E-state index in [1.807, 2.05) is 41.5 Å². The summed E-state index contributed by atoms with van der Waals surface area (Å²) in [6.07, 6.45) is 1.65. The average molecular weight is 547 g/mol. The first-order chi connectivity index (χ1) is 16.8. The molecule has 0 aliphatic heterocycles. The molecular formula is C25H39ClN2O9. The van der Waals surface area contributed by atoms with E-state index in [-0.39, 0.29) is 64.4 Å². The monoisotopic (exact) mass is 546 g/mol. The minimum Gasteiger partial charge on any atom is -0.481 e. The lowest BCUT2D eigenvalue weighted by Crippen LogP contribution is -2.42. The lowest BCUT2D eigenvalue weighted by molar-refractivity contribution is -0.144. The van der Waals surface area contributed by atoms with E-state index < -0.39 is 17.1 Å². The molecule has 12 heteroatoms. The van der Waals surface area contributed by atoms with Crippen molar-refractivity contribution < 1.29 is 43.3 Å². The van der Waals surface area contributed by atoms with Gasteiger partial charge in [-0.3, -0.25) is 28.8 Å². The molecule has 3 rings (SSSR count). The van der Waals surface area contributed by atoms with Crippen LogP contribution in [0.25, 0.3) is 0 Å². The number of carboxylic acids is 1. The van der Waals surface area contributed by atoms with Gasteiger partial charge >= 0.3 is 17.9 Å². The zero-order valence-corrected chi connectivity index (χ0v) is 23.4. The third kappa shape index (κ3) is 11.5. The molecule has 0 saturated heterocycles. The average Bonchev–Trinajstić information content (AvgIpc) is 3.61. The summed E-state index contributed by atoms with van der Waals surface area (Å²) in [5.41, 5.74) is -0.511. The molecule has 0 radical (unpaired) electrons. The highest BCUT2D eigenvalue weighted by molar-refractivity contribution is 6.64. The number of esters is 2. The maximum Gasteiger partial charge on any atom is 0.309 e. The van der Waals surface area contributed by atoms with Gasteiger partial charge in [0.1, 0.15) is 0 Å². The quantitative estimate of drug-likeness (QED) is 0.333. The molecule has 3 aliphatic rings. The number of carbonyl (C=O) groups is 6. The fourth-order valence-electron chi connectivity index (χ4n) is 3.44. The number of nitrogens with one attached hydrogen (secondary N) is 2. The van der Waals surface area contributed by atoms with Gasteiger partial charge in [0.25, 0.3) is 0 Å². The van der Waals surface area contributed by atoms with Crippen LogP contribution in [0.1, 0.15) is 60.8 Å². The van der Waals surface area contributed by atoms with Gasteiger partial charge in [0.15, 0.2) is 0 Å². The fraction of sp³-hybridized carbons (Fsp3) is 0.760. The summed E-state index contributed by atoms with van der Waals surface area (Å²) in [6.45, 7) is 11.4. The lowest BCUT2D eigenvalue weighted by Gasteiger charge is -2.20. The Morgan fingerprint density at radius 3 is 1.24 bits per heavy atom. The van der Waals surface area contributed by atoms with Gasteiger partial charge in [0.05, 0.1) is 43.8 Å². The van der Waals surface area contributed by atoms with Crippen molar-refractivity contribution in [1.29, 1.82) is 0 Å². The van der Waals surface area contributed by atoms with E-state index in [2.05, 4.69) is 20.1 Å². The number of halogens is 1. The Morgan fingerprint density at radius 1 is 0.649 bits per heavy atom. The molecule has 210 valence electrons. The molecule has 3 saturated carbocycles. The Hall–Kier alpha value is -2.69. The van der Waals surface area contributed by atoms with Gasteiger partial charge in [-0.05, 0) is 72.4 Å². The summed E-state index contributed by atoms with van der Waals surface area (Å²) < 4.78 is 8.97. The summed E-state index contributed by atoms with van der Waals surface area (Å²) in [5.74, 6) is -3.38. The standard InChI is InChI=1S/C10H17NO3.C9H15NO3.C6H7ClO3/c1-10(2,3)11-8(12)6-5-7(6)9(13)14-4;1-9(2,3)10-7(11)5-4-6(5)8(12)13;1-10-6(9)4-2-3(4)5(7)8/h6-7H,5H2,1-4H3,(H,11,12);5-6H,4H2,1-3H3,(H,10,11)(H,12,13);3-4H,2H2,1H3/t6-,7-;5-,6-;3-,4-/m111/s1. The molecule has 3 N–H and O–H groups in total. The molecule has 0 bridgehead atoms. The van der Waals surface area contributed by atoms with Crippen LogP contribution in [0.3, 0.4) is 0 Å². The molecule has 2 amide bonds. The van der Waals surface area contributed by atoms with E-state index >= 15 is 0 Å². The summed E-state index contributed by atoms with van der Waals surface area (Å²) in [7, 11) is 2.65. The molecule has 0 aromatic rings. The zero-order valence-electron chi connectivity index (χ0n) is 22.7. The second-order valence-electron chi connectivity index (χ2n) is 11.5. The molecule has 11 nitrogen and oxygen atoms in total. The second-order valence-corrected chi connectivity index (χ2v) is 11.9. The highest BCUT2D eigenvalue weighted by Crippen LogP contribution is 2.41. The van der Waals surface area contributed by atoms with Crippen LogP contribution in [-0.4, -0.2) is 65.4 Å². The van der Waals surface area contributed by atoms with Crippen molar-refractivity contribution in [2.75, 3.05) is 14.2 Å². The van der Waals surface area contributed by atoms with E-state index in [0.29, 0.717) is 19.3 Å². The van der Waals surface area contributed by atoms with Crippen molar-refractivity contribution in [3.63, 3.8) is 0 Å². The summed E-state index contributed by atoms with van der Waals surface area (Å²) in [4.78, 5) is 65.5. The van der Waals surface area contributed by atoms with Gasteiger partial charge in [-0.2, -0.15) is 0 Å². The summed E-state index contributed by atoms with van der Waals surface area (Å²) in [6, 6.07) is 0. The molecule has 3 aliphatic carbocycles. The van der Waals surface area contributed by atoms with Crippen molar-refractivity contribution in [3.8, 4) is 0 Å². The molecule has 0 unspecified atom stereocenters. The molecule has 0 heterocycles. The first-order valence-corrected chi connectivity index (χ1v) is 12.4.